The van der Waals surface area contributed by atoms with Gasteiger partial charge in [-0.1, -0.05) is 36.4 Å². The molecule has 1 N–H and O–H groups in total. The van der Waals surface area contributed by atoms with Crippen molar-refractivity contribution >= 4 is 5.97 Å². The van der Waals surface area contributed by atoms with Crippen LogP contribution in [0.2, 0.25) is 0 Å². The van der Waals surface area contributed by atoms with Crippen LogP contribution in [0.4, 0.5) is 0 Å². The van der Waals surface area contributed by atoms with Crippen molar-refractivity contribution in [1.29, 1.82) is 0 Å². The summed E-state index contributed by atoms with van der Waals surface area (Å²) in [5, 5.41) is 9.44. The first kappa shape index (κ1) is 12.3. The highest BCUT2D eigenvalue weighted by Gasteiger charge is 2.40. The molecular formula is C16H19NO2. The maximum atomic E-state index is 11.5. The quantitative estimate of drug-likeness (QED) is 0.904. The van der Waals surface area contributed by atoms with Gasteiger partial charge in [-0.2, -0.15) is 0 Å². The van der Waals surface area contributed by atoms with Crippen molar-refractivity contribution < 1.29 is 9.90 Å². The van der Waals surface area contributed by atoms with E-state index >= 15 is 0 Å². The molecule has 0 spiro atoms. The molecule has 0 bridgehead atoms. The van der Waals surface area contributed by atoms with Crippen molar-refractivity contribution in [2.24, 2.45) is 5.92 Å². The van der Waals surface area contributed by atoms with E-state index in [-0.39, 0.29) is 6.04 Å². The lowest BCUT2D eigenvalue weighted by Gasteiger charge is -2.27. The lowest BCUT2D eigenvalue weighted by Crippen LogP contribution is -2.34. The molecule has 19 heavy (non-hydrogen) atoms. The van der Waals surface area contributed by atoms with Gasteiger partial charge in [-0.05, 0) is 31.2 Å². The third kappa shape index (κ3) is 2.37. The second kappa shape index (κ2) is 5.08. The average Bonchev–Trinajstić information content (AvgIpc) is 2.79. The van der Waals surface area contributed by atoms with Crippen LogP contribution in [0.15, 0.2) is 42.1 Å². The van der Waals surface area contributed by atoms with Crippen LogP contribution in [0.25, 0.3) is 0 Å². The summed E-state index contributed by atoms with van der Waals surface area (Å²) >= 11 is 0. The Balaban J connectivity index is 1.86. The summed E-state index contributed by atoms with van der Waals surface area (Å²) in [6.45, 7) is 0.708. The van der Waals surface area contributed by atoms with E-state index < -0.39 is 5.97 Å². The number of hydrogen-bond acceptors (Lipinski definition) is 2. The van der Waals surface area contributed by atoms with Gasteiger partial charge in [0.15, 0.2) is 0 Å². The number of likely N-dealkylation sites (tertiary alicyclic amines) is 1. The lowest BCUT2D eigenvalue weighted by atomic mass is 9.91. The van der Waals surface area contributed by atoms with E-state index in [1.807, 2.05) is 18.2 Å². The maximum absolute atomic E-state index is 11.5. The van der Waals surface area contributed by atoms with Crippen molar-refractivity contribution in [2.75, 3.05) is 0 Å². The molecule has 1 aliphatic heterocycles. The molecule has 3 rings (SSSR count). The third-order valence-electron chi connectivity index (χ3n) is 4.22. The predicted molar refractivity (Wildman–Crippen MR) is 73.4 cm³/mol. The van der Waals surface area contributed by atoms with Crippen LogP contribution in [0, 0.1) is 5.92 Å². The number of fused-ring (bicyclic) bond motifs is 1. The number of nitrogens with zero attached hydrogens (tertiary/aromatic N) is 1. The highest BCUT2D eigenvalue weighted by Crippen LogP contribution is 2.40. The van der Waals surface area contributed by atoms with Gasteiger partial charge >= 0.3 is 5.97 Å². The lowest BCUT2D eigenvalue weighted by molar-refractivity contribution is -0.141. The molecule has 3 nitrogen and oxygen atoms in total. The standard InChI is InChI=1S/C16H19NO2/c18-16(19)15-10-13-8-4-5-9-14(13)17(15)11-12-6-2-1-3-7-12/h1-3,6-7,9,13,15H,4-5,8,10-11H2,(H,18,19). The van der Waals surface area contributed by atoms with E-state index in [0.29, 0.717) is 12.5 Å². The van der Waals surface area contributed by atoms with Crippen LogP contribution in [0.5, 0.6) is 0 Å². The number of allylic oxidation sites excluding steroid dienone is 2. The zero-order valence-electron chi connectivity index (χ0n) is 11.0. The molecule has 3 heteroatoms. The fraction of sp³-hybridized carbons (Fsp3) is 0.438. The maximum Gasteiger partial charge on any atom is 0.326 e. The molecule has 100 valence electrons. The smallest absolute Gasteiger partial charge is 0.326 e. The molecule has 0 saturated carbocycles. The normalized spacial score (nSPS) is 25.9. The van der Waals surface area contributed by atoms with Gasteiger partial charge in [0.1, 0.15) is 6.04 Å². The minimum absolute atomic E-state index is 0.352. The minimum atomic E-state index is -0.689. The second-order valence-electron chi connectivity index (χ2n) is 5.46. The van der Waals surface area contributed by atoms with Crippen molar-refractivity contribution in [2.45, 2.75) is 38.3 Å². The number of rotatable bonds is 3. The summed E-state index contributed by atoms with van der Waals surface area (Å²) in [6.07, 6.45) is 6.44. The Hall–Kier alpha value is -1.77. The van der Waals surface area contributed by atoms with Gasteiger partial charge in [-0.25, -0.2) is 4.79 Å². The third-order valence-corrected chi connectivity index (χ3v) is 4.22. The van der Waals surface area contributed by atoms with Crippen molar-refractivity contribution in [1.82, 2.24) is 4.90 Å². The number of carbonyl (C=O) groups is 1. The van der Waals surface area contributed by atoms with Crippen LogP contribution in [0.1, 0.15) is 31.2 Å². The molecule has 2 atom stereocenters. The predicted octanol–water partition coefficient (Wildman–Crippen LogP) is 3.03. The van der Waals surface area contributed by atoms with E-state index in [0.717, 1.165) is 19.3 Å². The van der Waals surface area contributed by atoms with Crippen LogP contribution in [-0.4, -0.2) is 22.0 Å². The Bertz CT molecular complexity index is 495. The molecule has 1 aromatic carbocycles. The summed E-state index contributed by atoms with van der Waals surface area (Å²) in [4.78, 5) is 13.6. The van der Waals surface area contributed by atoms with Crippen molar-refractivity contribution in [3.63, 3.8) is 0 Å². The molecule has 1 heterocycles. The summed E-state index contributed by atoms with van der Waals surface area (Å²) in [5.74, 6) is -0.232. The first-order valence-electron chi connectivity index (χ1n) is 6.99. The Morgan fingerprint density at radius 2 is 2.11 bits per heavy atom. The number of carboxylic acids is 1. The van der Waals surface area contributed by atoms with Gasteiger partial charge in [-0.15, -0.1) is 0 Å². The molecule has 0 radical (unpaired) electrons. The average molecular weight is 257 g/mol. The molecule has 1 saturated heterocycles. The molecule has 0 amide bonds. The van der Waals surface area contributed by atoms with Crippen molar-refractivity contribution in [3.05, 3.63) is 47.7 Å². The Kier molecular flexibility index (Phi) is 3.28. The zero-order chi connectivity index (χ0) is 13.2. The van der Waals surface area contributed by atoms with Gasteiger partial charge in [0.25, 0.3) is 0 Å². The summed E-state index contributed by atoms with van der Waals surface area (Å²) < 4.78 is 0. The van der Waals surface area contributed by atoms with Gasteiger partial charge in [0.2, 0.25) is 0 Å². The van der Waals surface area contributed by atoms with Crippen LogP contribution >= 0.6 is 0 Å². The number of hydrogen-bond donors (Lipinski definition) is 1. The van der Waals surface area contributed by atoms with Crippen LogP contribution < -0.4 is 0 Å². The number of benzene rings is 1. The SMILES string of the molecule is O=C(O)C1CC2CCCC=C2N1Cc1ccccc1. The second-order valence-corrected chi connectivity index (χ2v) is 5.46. The molecule has 1 fully saturated rings. The highest BCUT2D eigenvalue weighted by molar-refractivity contribution is 5.74. The minimum Gasteiger partial charge on any atom is -0.480 e. The fourth-order valence-electron chi connectivity index (χ4n) is 3.31. The van der Waals surface area contributed by atoms with E-state index in [1.165, 1.54) is 17.7 Å². The molecule has 2 unspecified atom stereocenters. The zero-order valence-corrected chi connectivity index (χ0v) is 11.0. The molecule has 1 aliphatic carbocycles. The Morgan fingerprint density at radius 1 is 1.32 bits per heavy atom. The van der Waals surface area contributed by atoms with Crippen LogP contribution in [0.3, 0.4) is 0 Å². The van der Waals surface area contributed by atoms with E-state index in [9.17, 15) is 9.90 Å². The van der Waals surface area contributed by atoms with Crippen LogP contribution in [-0.2, 0) is 11.3 Å². The molecule has 1 aromatic rings. The molecular weight excluding hydrogens is 238 g/mol. The van der Waals surface area contributed by atoms with E-state index in [4.69, 9.17) is 0 Å². The van der Waals surface area contributed by atoms with Crippen molar-refractivity contribution in [3.8, 4) is 0 Å². The highest BCUT2D eigenvalue weighted by atomic mass is 16.4. The first-order chi connectivity index (χ1) is 9.25. The van der Waals surface area contributed by atoms with Gasteiger partial charge in [0.05, 0.1) is 0 Å². The van der Waals surface area contributed by atoms with Gasteiger partial charge in [0, 0.05) is 18.2 Å². The number of aliphatic carboxylic acids is 1. The largest absolute Gasteiger partial charge is 0.480 e. The Labute approximate surface area is 113 Å². The number of carboxylic acid groups (broad SMARTS) is 1. The van der Waals surface area contributed by atoms with E-state index in [2.05, 4.69) is 23.1 Å². The fourth-order valence-corrected chi connectivity index (χ4v) is 3.31. The summed E-state index contributed by atoms with van der Waals surface area (Å²) in [7, 11) is 0. The molecule has 2 aliphatic rings. The summed E-state index contributed by atoms with van der Waals surface area (Å²) in [5.41, 5.74) is 2.45. The van der Waals surface area contributed by atoms with Gasteiger partial charge in [-0.3, -0.25) is 0 Å². The Morgan fingerprint density at radius 3 is 2.84 bits per heavy atom. The monoisotopic (exact) mass is 257 g/mol. The topological polar surface area (TPSA) is 40.5 Å². The summed E-state index contributed by atoms with van der Waals surface area (Å²) in [6, 6.07) is 9.78. The first-order valence-corrected chi connectivity index (χ1v) is 6.99. The molecule has 0 aromatic heterocycles. The van der Waals surface area contributed by atoms with Gasteiger partial charge < -0.3 is 10.0 Å². The van der Waals surface area contributed by atoms with E-state index in [1.54, 1.807) is 0 Å².